The van der Waals surface area contributed by atoms with Crippen molar-refractivity contribution >= 4 is 5.91 Å². The van der Waals surface area contributed by atoms with Gasteiger partial charge in [-0.3, -0.25) is 4.79 Å². The highest BCUT2D eigenvalue weighted by Gasteiger charge is 2.32. The predicted molar refractivity (Wildman–Crippen MR) is 70.7 cm³/mol. The summed E-state index contributed by atoms with van der Waals surface area (Å²) in [6.07, 6.45) is 1.75. The summed E-state index contributed by atoms with van der Waals surface area (Å²) in [5, 5.41) is 3.77. The number of hydrogen-bond donors (Lipinski definition) is 0. The molecule has 0 unspecified atom stereocenters. The molecule has 1 aromatic carbocycles. The molecule has 1 amide bonds. The fraction of sp³-hybridized carbons (Fsp3) is 0.333. The molecular formula is C15H15FN2O2. The summed E-state index contributed by atoms with van der Waals surface area (Å²) >= 11 is 0. The largest absolute Gasteiger partial charge is 0.361 e. The molecule has 1 aromatic heterocycles. The number of halogens is 1. The molecule has 5 heteroatoms. The van der Waals surface area contributed by atoms with Crippen LogP contribution in [0.3, 0.4) is 0 Å². The summed E-state index contributed by atoms with van der Waals surface area (Å²) in [4.78, 5) is 14.2. The van der Waals surface area contributed by atoms with E-state index in [0.717, 1.165) is 18.4 Å². The second-order valence-electron chi connectivity index (χ2n) is 5.03. The maximum atomic E-state index is 13.3. The first kappa shape index (κ1) is 12.8. The zero-order valence-electron chi connectivity index (χ0n) is 11.2. The van der Waals surface area contributed by atoms with Crippen LogP contribution in [-0.4, -0.2) is 22.5 Å². The lowest BCUT2D eigenvalue weighted by Crippen LogP contribution is -2.30. The summed E-state index contributed by atoms with van der Waals surface area (Å²) in [6, 6.07) is 7.97. The molecular weight excluding hydrogens is 259 g/mol. The van der Waals surface area contributed by atoms with Crippen molar-refractivity contribution in [3.8, 4) is 0 Å². The van der Waals surface area contributed by atoms with E-state index in [1.54, 1.807) is 24.0 Å². The normalized spacial score (nSPS) is 18.5. The third-order valence-electron chi connectivity index (χ3n) is 3.59. The number of carbonyl (C=O) groups is 1. The Hall–Kier alpha value is -2.17. The van der Waals surface area contributed by atoms with Crippen molar-refractivity contribution in [2.24, 2.45) is 0 Å². The lowest BCUT2D eigenvalue weighted by molar-refractivity contribution is 0.0725. The molecule has 20 heavy (non-hydrogen) atoms. The van der Waals surface area contributed by atoms with Crippen LogP contribution < -0.4 is 0 Å². The van der Waals surface area contributed by atoms with Crippen molar-refractivity contribution in [2.45, 2.75) is 25.8 Å². The smallest absolute Gasteiger partial charge is 0.276 e. The van der Waals surface area contributed by atoms with E-state index in [0.29, 0.717) is 18.0 Å². The van der Waals surface area contributed by atoms with Crippen LogP contribution in [-0.2, 0) is 0 Å². The van der Waals surface area contributed by atoms with Crippen LogP contribution in [0.1, 0.15) is 40.7 Å². The van der Waals surface area contributed by atoms with E-state index in [9.17, 15) is 9.18 Å². The zero-order chi connectivity index (χ0) is 14.1. The number of aromatic nitrogens is 1. The monoisotopic (exact) mass is 274 g/mol. The molecule has 1 fully saturated rings. The van der Waals surface area contributed by atoms with Crippen LogP contribution in [0.15, 0.2) is 34.9 Å². The molecule has 0 spiro atoms. The second-order valence-corrected chi connectivity index (χ2v) is 5.03. The summed E-state index contributed by atoms with van der Waals surface area (Å²) in [5.41, 5.74) is 1.14. The summed E-state index contributed by atoms with van der Waals surface area (Å²) < 4.78 is 18.3. The van der Waals surface area contributed by atoms with E-state index in [1.165, 1.54) is 12.1 Å². The number of hydrogen-bond acceptors (Lipinski definition) is 3. The van der Waals surface area contributed by atoms with Gasteiger partial charge >= 0.3 is 0 Å². The van der Waals surface area contributed by atoms with E-state index >= 15 is 0 Å². The van der Waals surface area contributed by atoms with E-state index in [-0.39, 0.29) is 17.8 Å². The topological polar surface area (TPSA) is 46.3 Å². The van der Waals surface area contributed by atoms with Crippen LogP contribution >= 0.6 is 0 Å². The highest BCUT2D eigenvalue weighted by atomic mass is 19.1. The van der Waals surface area contributed by atoms with E-state index in [4.69, 9.17) is 4.52 Å². The van der Waals surface area contributed by atoms with Gasteiger partial charge in [-0.2, -0.15) is 0 Å². The number of amides is 1. The minimum Gasteiger partial charge on any atom is -0.361 e. The minimum atomic E-state index is -0.279. The quantitative estimate of drug-likeness (QED) is 0.845. The Kier molecular flexibility index (Phi) is 3.26. The van der Waals surface area contributed by atoms with Crippen molar-refractivity contribution in [1.82, 2.24) is 10.1 Å². The fourth-order valence-electron chi connectivity index (χ4n) is 2.68. The van der Waals surface area contributed by atoms with Gasteiger partial charge in [-0.25, -0.2) is 4.39 Å². The minimum absolute atomic E-state index is 0.0878. The number of carbonyl (C=O) groups excluding carboxylic acids is 1. The Balaban J connectivity index is 1.87. The molecule has 4 nitrogen and oxygen atoms in total. The number of aryl methyl sites for hydroxylation is 1. The van der Waals surface area contributed by atoms with Crippen molar-refractivity contribution in [1.29, 1.82) is 0 Å². The zero-order valence-corrected chi connectivity index (χ0v) is 11.2. The third-order valence-corrected chi connectivity index (χ3v) is 3.59. The summed E-state index contributed by atoms with van der Waals surface area (Å²) in [6.45, 7) is 2.41. The highest BCUT2D eigenvalue weighted by Crippen LogP contribution is 2.33. The molecule has 104 valence electrons. The van der Waals surface area contributed by atoms with Gasteiger partial charge in [-0.15, -0.1) is 0 Å². The number of nitrogens with zero attached hydrogens (tertiary/aromatic N) is 2. The van der Waals surface area contributed by atoms with Gasteiger partial charge < -0.3 is 9.42 Å². The Labute approximate surface area is 116 Å². The molecule has 1 aliphatic heterocycles. The molecule has 2 heterocycles. The molecule has 1 aliphatic rings. The van der Waals surface area contributed by atoms with Gasteiger partial charge in [-0.1, -0.05) is 17.3 Å². The molecule has 0 N–H and O–H groups in total. The van der Waals surface area contributed by atoms with E-state index < -0.39 is 0 Å². The molecule has 2 aromatic rings. The first-order chi connectivity index (χ1) is 9.65. The summed E-state index contributed by atoms with van der Waals surface area (Å²) in [5.74, 6) is 0.169. The molecule has 0 saturated carbocycles. The molecule has 3 rings (SSSR count). The molecule has 1 atom stereocenters. The number of benzene rings is 1. The average molecular weight is 274 g/mol. The SMILES string of the molecule is Cc1cc(C(=O)N2CCC[C@H]2c2cccc(F)c2)no1. The van der Waals surface area contributed by atoms with E-state index in [2.05, 4.69) is 5.16 Å². The Bertz CT molecular complexity index is 638. The first-order valence-electron chi connectivity index (χ1n) is 6.65. The first-order valence-corrected chi connectivity index (χ1v) is 6.65. The third kappa shape index (κ3) is 2.31. The molecule has 0 bridgehead atoms. The molecule has 0 aliphatic carbocycles. The second kappa shape index (κ2) is 5.07. The van der Waals surface area contributed by atoms with Crippen molar-refractivity contribution < 1.29 is 13.7 Å². The Morgan fingerprint density at radius 2 is 2.30 bits per heavy atom. The van der Waals surface area contributed by atoms with Crippen molar-refractivity contribution in [2.75, 3.05) is 6.54 Å². The Morgan fingerprint density at radius 1 is 1.45 bits per heavy atom. The maximum Gasteiger partial charge on any atom is 0.276 e. The number of likely N-dealkylation sites (tertiary alicyclic amines) is 1. The van der Waals surface area contributed by atoms with Crippen LogP contribution in [0.4, 0.5) is 4.39 Å². The maximum absolute atomic E-state index is 13.3. The van der Waals surface area contributed by atoms with Gasteiger partial charge in [0.05, 0.1) is 6.04 Å². The van der Waals surface area contributed by atoms with Gasteiger partial charge in [0, 0.05) is 12.6 Å². The van der Waals surface area contributed by atoms with Crippen LogP contribution in [0.2, 0.25) is 0 Å². The van der Waals surface area contributed by atoms with Gasteiger partial charge in [-0.05, 0) is 37.5 Å². The van der Waals surface area contributed by atoms with Crippen LogP contribution in [0.5, 0.6) is 0 Å². The van der Waals surface area contributed by atoms with Crippen molar-refractivity contribution in [3.05, 3.63) is 53.2 Å². The molecule has 1 saturated heterocycles. The van der Waals surface area contributed by atoms with Gasteiger partial charge in [0.2, 0.25) is 0 Å². The van der Waals surface area contributed by atoms with E-state index in [1.807, 2.05) is 6.07 Å². The van der Waals surface area contributed by atoms with Gasteiger partial charge in [0.15, 0.2) is 5.69 Å². The van der Waals surface area contributed by atoms with Gasteiger partial charge in [0.25, 0.3) is 5.91 Å². The van der Waals surface area contributed by atoms with Crippen LogP contribution in [0, 0.1) is 12.7 Å². The lowest BCUT2D eigenvalue weighted by Gasteiger charge is -2.24. The molecule has 0 radical (unpaired) electrons. The predicted octanol–water partition coefficient (Wildman–Crippen LogP) is 3.10. The standard InChI is InChI=1S/C15H15FN2O2/c1-10-8-13(17-20-10)15(19)18-7-3-6-14(18)11-4-2-5-12(16)9-11/h2,4-5,8-9,14H,3,6-7H2,1H3/t14-/m0/s1. The fourth-order valence-corrected chi connectivity index (χ4v) is 2.68. The lowest BCUT2D eigenvalue weighted by atomic mass is 10.0. The highest BCUT2D eigenvalue weighted by molar-refractivity contribution is 5.92. The van der Waals surface area contributed by atoms with Crippen molar-refractivity contribution in [3.63, 3.8) is 0 Å². The van der Waals surface area contributed by atoms with Gasteiger partial charge in [0.1, 0.15) is 11.6 Å². The van der Waals surface area contributed by atoms with Crippen LogP contribution in [0.25, 0.3) is 0 Å². The Morgan fingerprint density at radius 3 is 3.00 bits per heavy atom. The number of rotatable bonds is 2. The summed E-state index contributed by atoms with van der Waals surface area (Å²) in [7, 11) is 0. The average Bonchev–Trinajstić information content (AvgIpc) is 3.06.